The van der Waals surface area contributed by atoms with Crippen molar-refractivity contribution in [3.05, 3.63) is 67.9 Å². The molecule has 6 rings (SSSR count). The number of fused-ring (bicyclic) bond motifs is 2. The number of nitrogens with zero attached hydrogens (tertiary/aromatic N) is 6. The van der Waals surface area contributed by atoms with Crippen molar-refractivity contribution in [2.45, 2.75) is 53.5 Å². The van der Waals surface area contributed by atoms with Gasteiger partial charge in [0.15, 0.2) is 21.6 Å². The summed E-state index contributed by atoms with van der Waals surface area (Å²) in [5.74, 6) is 1.06. The SMILES string of the molecule is CC(C)CNc1cc(Cl)nn2c(I)cnc12.Cc1cc(-c2cnc3c(NCC(C)C)cc(Cl)nn23)ccc1C(=O)NC1CC1. The maximum atomic E-state index is 12.4. The number of carbonyl (C=O) groups is 1. The van der Waals surface area contributed by atoms with Gasteiger partial charge in [0.25, 0.3) is 5.91 Å². The molecule has 1 aliphatic carbocycles. The average Bonchev–Trinajstić information content (AvgIpc) is 3.56. The van der Waals surface area contributed by atoms with Crippen molar-refractivity contribution >= 4 is 74.4 Å². The largest absolute Gasteiger partial charge is 0.382 e. The fourth-order valence-corrected chi connectivity index (χ4v) is 5.35. The number of nitrogens with one attached hydrogen (secondary N) is 3. The molecule has 0 radical (unpaired) electrons. The second-order valence-corrected chi connectivity index (χ2v) is 13.7. The molecule has 4 heterocycles. The third-order valence-corrected chi connectivity index (χ3v) is 8.02. The zero-order valence-electron chi connectivity index (χ0n) is 25.3. The molecule has 5 aromatic rings. The molecule has 0 spiro atoms. The first-order chi connectivity index (χ1) is 21.0. The van der Waals surface area contributed by atoms with Gasteiger partial charge in [0, 0.05) is 42.4 Å². The molecule has 1 aliphatic rings. The summed E-state index contributed by atoms with van der Waals surface area (Å²) in [4.78, 5) is 21.2. The summed E-state index contributed by atoms with van der Waals surface area (Å²) in [6, 6.07) is 9.74. The van der Waals surface area contributed by atoms with E-state index in [0.717, 1.165) is 69.1 Å². The van der Waals surface area contributed by atoms with E-state index in [1.807, 2.05) is 31.2 Å². The van der Waals surface area contributed by atoms with Gasteiger partial charge in [0.05, 0.1) is 29.5 Å². The Hall–Kier alpha value is -3.16. The minimum absolute atomic E-state index is 0.00830. The Morgan fingerprint density at radius 2 is 1.48 bits per heavy atom. The molecule has 232 valence electrons. The first kappa shape index (κ1) is 32.2. The number of anilines is 2. The van der Waals surface area contributed by atoms with Gasteiger partial charge in [-0.1, -0.05) is 57.0 Å². The van der Waals surface area contributed by atoms with Gasteiger partial charge in [-0.15, -0.1) is 0 Å². The van der Waals surface area contributed by atoms with Gasteiger partial charge in [-0.05, 0) is 71.9 Å². The van der Waals surface area contributed by atoms with Crippen molar-refractivity contribution < 1.29 is 4.79 Å². The third kappa shape index (κ3) is 7.73. The first-order valence-electron chi connectivity index (χ1n) is 14.6. The number of carbonyl (C=O) groups excluding carboxylic acids is 1. The van der Waals surface area contributed by atoms with E-state index in [2.05, 4.69) is 86.4 Å². The zero-order valence-corrected chi connectivity index (χ0v) is 29.0. The lowest BCUT2D eigenvalue weighted by molar-refractivity contribution is 0.0950. The molecule has 1 amide bonds. The van der Waals surface area contributed by atoms with Gasteiger partial charge in [-0.2, -0.15) is 10.2 Å². The van der Waals surface area contributed by atoms with Gasteiger partial charge in [0.2, 0.25) is 0 Å². The van der Waals surface area contributed by atoms with Crippen molar-refractivity contribution in [2.24, 2.45) is 11.8 Å². The molecule has 13 heteroatoms. The smallest absolute Gasteiger partial charge is 0.251 e. The van der Waals surface area contributed by atoms with Crippen LogP contribution in [0.4, 0.5) is 11.4 Å². The number of halogens is 3. The van der Waals surface area contributed by atoms with Crippen LogP contribution in [0.5, 0.6) is 0 Å². The predicted molar refractivity (Wildman–Crippen MR) is 186 cm³/mol. The summed E-state index contributed by atoms with van der Waals surface area (Å²) >= 11 is 14.4. The molecule has 1 aromatic carbocycles. The summed E-state index contributed by atoms with van der Waals surface area (Å²) in [6.45, 7) is 12.3. The quantitative estimate of drug-likeness (QED) is 0.135. The van der Waals surface area contributed by atoms with E-state index in [0.29, 0.717) is 33.7 Å². The monoisotopic (exact) mass is 747 g/mol. The first-order valence-corrected chi connectivity index (χ1v) is 16.5. The fraction of sp³-hybridized carbons (Fsp3) is 0.387. The van der Waals surface area contributed by atoms with Gasteiger partial charge < -0.3 is 16.0 Å². The van der Waals surface area contributed by atoms with Crippen LogP contribution in [0.25, 0.3) is 22.6 Å². The molecular formula is C31H36Cl2IN9O. The van der Waals surface area contributed by atoms with Crippen LogP contribution in [0.3, 0.4) is 0 Å². The molecule has 1 saturated carbocycles. The lowest BCUT2D eigenvalue weighted by Crippen LogP contribution is -2.26. The van der Waals surface area contributed by atoms with Crippen LogP contribution in [0.1, 0.15) is 56.5 Å². The Labute approximate surface area is 280 Å². The highest BCUT2D eigenvalue weighted by atomic mass is 127. The molecule has 1 fully saturated rings. The summed E-state index contributed by atoms with van der Waals surface area (Å²) in [5.41, 5.74) is 6.73. The minimum atomic E-state index is -0.00830. The fourth-order valence-electron chi connectivity index (χ4n) is 4.50. The highest BCUT2D eigenvalue weighted by Gasteiger charge is 2.24. The van der Waals surface area contributed by atoms with Gasteiger partial charge in [0.1, 0.15) is 3.70 Å². The van der Waals surface area contributed by atoms with Gasteiger partial charge in [-0.3, -0.25) is 4.79 Å². The van der Waals surface area contributed by atoms with Crippen LogP contribution in [-0.2, 0) is 0 Å². The number of rotatable bonds is 9. The lowest BCUT2D eigenvalue weighted by atomic mass is 10.0. The highest BCUT2D eigenvalue weighted by Crippen LogP contribution is 2.28. The van der Waals surface area contributed by atoms with Crippen LogP contribution in [0.15, 0.2) is 42.7 Å². The van der Waals surface area contributed by atoms with E-state index in [1.54, 1.807) is 27.5 Å². The van der Waals surface area contributed by atoms with Crippen molar-refractivity contribution in [1.29, 1.82) is 0 Å². The van der Waals surface area contributed by atoms with Crippen LogP contribution in [-0.4, -0.2) is 54.2 Å². The molecule has 44 heavy (non-hydrogen) atoms. The zero-order chi connectivity index (χ0) is 31.5. The standard InChI is InChI=1S/C21H24ClN5O.C10H12ClIN4/c1-12(2)10-23-17-9-19(22)26-27-18(11-24-20(17)27)14-4-7-16(13(3)8-14)21(28)25-15-5-6-15;1-6(2)4-13-7-3-8(11)15-16-9(12)5-14-10(7)16/h4,7-9,11-12,15,23H,5-6,10H2,1-3H3,(H,25,28);3,5-6,13H,4H2,1-2H3. The maximum absolute atomic E-state index is 12.4. The van der Waals surface area contributed by atoms with E-state index >= 15 is 0 Å². The third-order valence-electron chi connectivity index (χ3n) is 6.91. The van der Waals surface area contributed by atoms with E-state index in [4.69, 9.17) is 23.2 Å². The summed E-state index contributed by atoms with van der Waals surface area (Å²) in [6.07, 6.45) is 5.71. The number of aryl methyl sites for hydroxylation is 1. The number of benzene rings is 1. The number of imidazole rings is 2. The van der Waals surface area contributed by atoms with Crippen molar-refractivity contribution in [3.8, 4) is 11.3 Å². The minimum Gasteiger partial charge on any atom is -0.382 e. The van der Waals surface area contributed by atoms with Gasteiger partial charge in [-0.25, -0.2) is 19.0 Å². The highest BCUT2D eigenvalue weighted by molar-refractivity contribution is 14.1. The molecule has 4 aromatic heterocycles. The average molecular weight is 749 g/mol. The molecule has 10 nitrogen and oxygen atoms in total. The topological polar surface area (TPSA) is 114 Å². The van der Waals surface area contributed by atoms with E-state index in [9.17, 15) is 4.79 Å². The molecule has 0 atom stereocenters. The Morgan fingerprint density at radius 3 is 2.05 bits per heavy atom. The van der Waals surface area contributed by atoms with Crippen molar-refractivity contribution in [3.63, 3.8) is 0 Å². The Morgan fingerprint density at radius 1 is 0.909 bits per heavy atom. The van der Waals surface area contributed by atoms with E-state index in [1.165, 1.54) is 0 Å². The Kier molecular flexibility index (Phi) is 10.2. The second kappa shape index (κ2) is 13.9. The number of hydrogen-bond donors (Lipinski definition) is 3. The summed E-state index contributed by atoms with van der Waals surface area (Å²) in [5, 5.41) is 19.3. The van der Waals surface area contributed by atoms with E-state index < -0.39 is 0 Å². The van der Waals surface area contributed by atoms with Crippen LogP contribution < -0.4 is 16.0 Å². The van der Waals surface area contributed by atoms with E-state index in [-0.39, 0.29) is 5.91 Å². The molecule has 0 bridgehead atoms. The molecule has 0 saturated heterocycles. The number of aromatic nitrogens is 6. The number of amides is 1. The molecular weight excluding hydrogens is 712 g/mol. The van der Waals surface area contributed by atoms with Crippen LogP contribution in [0, 0.1) is 22.5 Å². The van der Waals surface area contributed by atoms with Crippen LogP contribution in [0.2, 0.25) is 10.3 Å². The predicted octanol–water partition coefficient (Wildman–Crippen LogP) is 7.37. The summed E-state index contributed by atoms with van der Waals surface area (Å²) in [7, 11) is 0. The van der Waals surface area contributed by atoms with Crippen LogP contribution >= 0.6 is 45.8 Å². The normalized spacial score (nSPS) is 13.0. The van der Waals surface area contributed by atoms with Gasteiger partial charge >= 0.3 is 0 Å². The second-order valence-electron chi connectivity index (χ2n) is 11.8. The lowest BCUT2D eigenvalue weighted by Gasteiger charge is -2.11. The van der Waals surface area contributed by atoms with Crippen molar-refractivity contribution in [1.82, 2.24) is 34.5 Å². The molecule has 0 aliphatic heterocycles. The number of hydrogen-bond acceptors (Lipinski definition) is 7. The molecule has 0 unspecified atom stereocenters. The maximum Gasteiger partial charge on any atom is 0.251 e. The van der Waals surface area contributed by atoms with Crippen molar-refractivity contribution in [2.75, 3.05) is 23.7 Å². The Bertz CT molecular complexity index is 1800. The summed E-state index contributed by atoms with van der Waals surface area (Å²) < 4.78 is 4.44. The molecule has 3 N–H and O–H groups in total. The Balaban J connectivity index is 0.000000204.